The van der Waals surface area contributed by atoms with Crippen molar-refractivity contribution in [1.29, 1.82) is 0 Å². The summed E-state index contributed by atoms with van der Waals surface area (Å²) in [6, 6.07) is 15.4. The molecule has 1 aliphatic rings. The summed E-state index contributed by atoms with van der Waals surface area (Å²) >= 11 is 1.46. The SMILES string of the molecule is CN1CCC(C(=O)NO)(S(=O)(=O)c2ccc(SCCNC(=O)c3cc4ccccc4o3)cc2)CC1. The zero-order chi connectivity index (χ0) is 25.1. The van der Waals surface area contributed by atoms with Gasteiger partial charge < -0.3 is 14.6 Å². The molecule has 1 fully saturated rings. The third-order valence-corrected chi connectivity index (χ3v) is 9.79. The van der Waals surface area contributed by atoms with Crippen LogP contribution in [-0.4, -0.2) is 67.5 Å². The first kappa shape index (κ1) is 25.2. The predicted octanol–water partition coefficient (Wildman–Crippen LogP) is 2.70. The number of hydrogen-bond acceptors (Lipinski definition) is 8. The number of nitrogens with zero attached hydrogens (tertiary/aromatic N) is 1. The molecule has 9 nitrogen and oxygen atoms in total. The molecule has 0 saturated carbocycles. The van der Waals surface area contributed by atoms with Gasteiger partial charge in [0.1, 0.15) is 5.58 Å². The number of hydroxylamine groups is 1. The van der Waals surface area contributed by atoms with E-state index in [0.29, 0.717) is 31.0 Å². The molecule has 2 amide bonds. The second-order valence-corrected chi connectivity index (χ2v) is 11.9. The molecule has 2 aromatic carbocycles. The van der Waals surface area contributed by atoms with Crippen LogP contribution in [0.15, 0.2) is 68.8 Å². The number of furan rings is 1. The second kappa shape index (κ2) is 10.4. The number of fused-ring (bicyclic) bond motifs is 1. The van der Waals surface area contributed by atoms with Gasteiger partial charge >= 0.3 is 0 Å². The Labute approximate surface area is 207 Å². The quantitative estimate of drug-likeness (QED) is 0.180. The minimum absolute atomic E-state index is 0.0354. The highest BCUT2D eigenvalue weighted by atomic mass is 32.2. The van der Waals surface area contributed by atoms with Crippen LogP contribution in [0.5, 0.6) is 0 Å². The van der Waals surface area contributed by atoms with Gasteiger partial charge in [-0.3, -0.25) is 14.8 Å². The number of benzene rings is 2. The first-order chi connectivity index (χ1) is 16.8. The van der Waals surface area contributed by atoms with Gasteiger partial charge in [0.2, 0.25) is 0 Å². The van der Waals surface area contributed by atoms with E-state index in [1.807, 2.05) is 30.1 Å². The Hall–Kier alpha value is -2.86. The molecule has 1 saturated heterocycles. The maximum absolute atomic E-state index is 13.4. The van der Waals surface area contributed by atoms with Gasteiger partial charge in [-0.25, -0.2) is 13.9 Å². The van der Waals surface area contributed by atoms with Crippen molar-refractivity contribution in [3.05, 3.63) is 60.4 Å². The molecule has 0 aliphatic carbocycles. The van der Waals surface area contributed by atoms with Gasteiger partial charge in [-0.05, 0) is 69.4 Å². The zero-order valence-electron chi connectivity index (χ0n) is 19.2. The molecular formula is C24H27N3O6S2. The summed E-state index contributed by atoms with van der Waals surface area (Å²) in [5, 5.41) is 12.9. The van der Waals surface area contributed by atoms with Crippen LogP contribution in [0.4, 0.5) is 0 Å². The van der Waals surface area contributed by atoms with Gasteiger partial charge in [0.15, 0.2) is 20.3 Å². The van der Waals surface area contributed by atoms with Gasteiger partial charge in [0, 0.05) is 22.6 Å². The summed E-state index contributed by atoms with van der Waals surface area (Å²) in [4.78, 5) is 27.6. The number of piperidine rings is 1. The largest absolute Gasteiger partial charge is 0.451 e. The highest BCUT2D eigenvalue weighted by Crippen LogP contribution is 2.36. The molecule has 11 heteroatoms. The number of sulfone groups is 1. The van der Waals surface area contributed by atoms with E-state index < -0.39 is 20.5 Å². The van der Waals surface area contributed by atoms with E-state index in [1.165, 1.54) is 23.9 Å². The Bertz CT molecular complexity index is 1280. The molecule has 3 N–H and O–H groups in total. The minimum atomic E-state index is -4.03. The summed E-state index contributed by atoms with van der Waals surface area (Å²) in [6.07, 6.45) is 0.194. The number of amides is 2. The number of nitrogens with one attached hydrogen (secondary N) is 2. The Morgan fingerprint density at radius 3 is 2.46 bits per heavy atom. The van der Waals surface area contributed by atoms with Gasteiger partial charge in [0.05, 0.1) is 4.90 Å². The highest BCUT2D eigenvalue weighted by molar-refractivity contribution is 7.99. The van der Waals surface area contributed by atoms with E-state index in [1.54, 1.807) is 29.7 Å². The molecule has 0 unspecified atom stereocenters. The maximum atomic E-state index is 13.4. The Balaban J connectivity index is 1.35. The molecular weight excluding hydrogens is 490 g/mol. The van der Waals surface area contributed by atoms with Crippen LogP contribution in [0.2, 0.25) is 0 Å². The highest BCUT2D eigenvalue weighted by Gasteiger charge is 2.52. The fraction of sp³-hybridized carbons (Fsp3) is 0.333. The van der Waals surface area contributed by atoms with Gasteiger partial charge in [-0.2, -0.15) is 0 Å². The fourth-order valence-electron chi connectivity index (χ4n) is 4.15. The average molecular weight is 518 g/mol. The Morgan fingerprint density at radius 1 is 1.11 bits per heavy atom. The topological polar surface area (TPSA) is 129 Å². The number of carbonyl (C=O) groups is 2. The standard InChI is InChI=1S/C24H27N3O6S2/c1-27-13-10-24(11-14-27,23(29)26-30)35(31,32)19-8-6-18(7-9-19)34-15-12-25-22(28)21-16-17-4-2-3-5-20(17)33-21/h2-9,16,30H,10-15H2,1H3,(H,25,28)(H,26,29). The molecule has 0 bridgehead atoms. The molecule has 1 aliphatic heterocycles. The third kappa shape index (κ3) is 5.08. The van der Waals surface area contributed by atoms with Crippen LogP contribution in [0, 0.1) is 0 Å². The van der Waals surface area contributed by atoms with Crippen LogP contribution in [-0.2, 0) is 14.6 Å². The van der Waals surface area contributed by atoms with E-state index in [0.717, 1.165) is 10.3 Å². The number of rotatable bonds is 8. The van der Waals surface area contributed by atoms with Gasteiger partial charge in [0.25, 0.3) is 11.8 Å². The average Bonchev–Trinajstić information content (AvgIpc) is 3.31. The number of thioether (sulfide) groups is 1. The molecule has 4 rings (SSSR count). The lowest BCUT2D eigenvalue weighted by molar-refractivity contribution is -0.133. The summed E-state index contributed by atoms with van der Waals surface area (Å²) in [7, 11) is -2.17. The lowest BCUT2D eigenvalue weighted by atomic mass is 9.95. The molecule has 1 aromatic heterocycles. The third-order valence-electron chi connectivity index (χ3n) is 6.26. The Morgan fingerprint density at radius 2 is 1.80 bits per heavy atom. The number of hydrogen-bond donors (Lipinski definition) is 3. The van der Waals surface area contributed by atoms with E-state index in [9.17, 15) is 23.2 Å². The molecule has 0 spiro atoms. The van der Waals surface area contributed by atoms with E-state index in [4.69, 9.17) is 4.42 Å². The monoisotopic (exact) mass is 517 g/mol. The van der Waals surface area contributed by atoms with Crippen LogP contribution >= 0.6 is 11.8 Å². The first-order valence-corrected chi connectivity index (χ1v) is 13.6. The minimum Gasteiger partial charge on any atom is -0.451 e. The first-order valence-electron chi connectivity index (χ1n) is 11.1. The zero-order valence-corrected chi connectivity index (χ0v) is 20.8. The Kier molecular flexibility index (Phi) is 7.50. The van der Waals surface area contributed by atoms with Crippen molar-refractivity contribution in [2.24, 2.45) is 0 Å². The molecule has 35 heavy (non-hydrogen) atoms. The molecule has 186 valence electrons. The summed E-state index contributed by atoms with van der Waals surface area (Å²) < 4.78 is 30.7. The van der Waals surface area contributed by atoms with E-state index in [2.05, 4.69) is 5.32 Å². The van der Waals surface area contributed by atoms with Gasteiger partial charge in [-0.15, -0.1) is 11.8 Å². The van der Waals surface area contributed by atoms with Crippen LogP contribution in [0.1, 0.15) is 23.4 Å². The van der Waals surface area contributed by atoms with Crippen molar-refractivity contribution in [1.82, 2.24) is 15.7 Å². The lowest BCUT2D eigenvalue weighted by Crippen LogP contribution is -2.57. The number of carbonyl (C=O) groups excluding carboxylic acids is 2. The summed E-state index contributed by atoms with van der Waals surface area (Å²) in [6.45, 7) is 1.26. The van der Waals surface area contributed by atoms with Crippen LogP contribution in [0.3, 0.4) is 0 Å². The number of para-hydroxylation sites is 1. The molecule has 3 aromatic rings. The normalized spacial score (nSPS) is 16.2. The maximum Gasteiger partial charge on any atom is 0.287 e. The molecule has 0 radical (unpaired) electrons. The summed E-state index contributed by atoms with van der Waals surface area (Å²) in [5.41, 5.74) is 2.21. The van der Waals surface area contributed by atoms with E-state index in [-0.39, 0.29) is 29.4 Å². The van der Waals surface area contributed by atoms with Crippen molar-refractivity contribution >= 4 is 44.4 Å². The summed E-state index contributed by atoms with van der Waals surface area (Å²) in [5.74, 6) is -0.375. The van der Waals surface area contributed by atoms with E-state index >= 15 is 0 Å². The predicted molar refractivity (Wildman–Crippen MR) is 132 cm³/mol. The van der Waals surface area contributed by atoms with Crippen molar-refractivity contribution in [3.63, 3.8) is 0 Å². The van der Waals surface area contributed by atoms with Crippen LogP contribution in [0.25, 0.3) is 11.0 Å². The van der Waals surface area contributed by atoms with Crippen LogP contribution < -0.4 is 10.8 Å². The molecule has 2 heterocycles. The van der Waals surface area contributed by atoms with Crippen molar-refractivity contribution in [2.75, 3.05) is 32.4 Å². The second-order valence-electron chi connectivity index (χ2n) is 8.47. The van der Waals surface area contributed by atoms with Crippen molar-refractivity contribution in [3.8, 4) is 0 Å². The lowest BCUT2D eigenvalue weighted by Gasteiger charge is -2.38. The number of likely N-dealkylation sites (tertiary alicyclic amines) is 1. The van der Waals surface area contributed by atoms with Crippen molar-refractivity contribution in [2.45, 2.75) is 27.4 Å². The van der Waals surface area contributed by atoms with Crippen molar-refractivity contribution < 1.29 is 27.6 Å². The fourth-order valence-corrected chi connectivity index (χ4v) is 6.88. The van der Waals surface area contributed by atoms with Gasteiger partial charge in [-0.1, -0.05) is 18.2 Å². The smallest absolute Gasteiger partial charge is 0.287 e. The molecule has 0 atom stereocenters.